The Labute approximate surface area is 170 Å². The van der Waals surface area contributed by atoms with Crippen LogP contribution in [0, 0.1) is 0 Å². The van der Waals surface area contributed by atoms with E-state index in [4.69, 9.17) is 0 Å². The fourth-order valence-electron chi connectivity index (χ4n) is 3.91. The molecule has 4 rings (SSSR count). The zero-order valence-electron chi connectivity index (χ0n) is 16.1. The van der Waals surface area contributed by atoms with Crippen molar-refractivity contribution in [3.63, 3.8) is 0 Å². The molecule has 0 bridgehead atoms. The van der Waals surface area contributed by atoms with Crippen LogP contribution in [0.5, 0.6) is 0 Å². The number of anilines is 1. The zero-order valence-corrected chi connectivity index (χ0v) is 16.9. The number of nitrogens with one attached hydrogen (secondary N) is 1. The summed E-state index contributed by atoms with van der Waals surface area (Å²) >= 11 is 1.45. The highest BCUT2D eigenvalue weighted by atomic mass is 32.2. The predicted molar refractivity (Wildman–Crippen MR) is 113 cm³/mol. The van der Waals surface area contributed by atoms with Gasteiger partial charge < -0.3 is 15.1 Å². The summed E-state index contributed by atoms with van der Waals surface area (Å²) in [5, 5.41) is 3.30. The van der Waals surface area contributed by atoms with Crippen molar-refractivity contribution in [1.82, 2.24) is 10.2 Å². The van der Waals surface area contributed by atoms with E-state index in [0.29, 0.717) is 11.3 Å². The van der Waals surface area contributed by atoms with Crippen molar-refractivity contribution in [1.29, 1.82) is 0 Å². The molecule has 1 unspecified atom stereocenters. The minimum atomic E-state index is 0.0239. The molecule has 2 aliphatic heterocycles. The van der Waals surface area contributed by atoms with Crippen LogP contribution in [-0.2, 0) is 11.2 Å². The molecule has 2 aromatic rings. The van der Waals surface area contributed by atoms with Gasteiger partial charge in [0.05, 0.1) is 11.3 Å². The third-order valence-electron chi connectivity index (χ3n) is 5.56. The lowest BCUT2D eigenvalue weighted by atomic mass is 10.1. The summed E-state index contributed by atoms with van der Waals surface area (Å²) in [5.74, 6) is 0.439. The molecule has 2 aliphatic rings. The van der Waals surface area contributed by atoms with Crippen molar-refractivity contribution in [2.24, 2.45) is 0 Å². The quantitative estimate of drug-likeness (QED) is 0.791. The largest absolute Gasteiger partial charge is 0.337 e. The fraction of sp³-hybridized carbons (Fsp3) is 0.364. The number of rotatable bonds is 5. The number of hydrogen-bond donors (Lipinski definition) is 1. The maximum Gasteiger partial charge on any atom is 0.255 e. The van der Waals surface area contributed by atoms with Gasteiger partial charge >= 0.3 is 0 Å². The summed E-state index contributed by atoms with van der Waals surface area (Å²) in [5.41, 5.74) is 2.92. The molecule has 2 aromatic carbocycles. The van der Waals surface area contributed by atoms with Crippen molar-refractivity contribution >= 4 is 29.3 Å². The molecule has 0 aromatic heterocycles. The lowest BCUT2D eigenvalue weighted by Crippen LogP contribution is -2.38. The summed E-state index contributed by atoms with van der Waals surface area (Å²) in [6.07, 6.45) is 1.88. The number of thioether (sulfide) groups is 1. The smallest absolute Gasteiger partial charge is 0.255 e. The molecule has 1 atom stereocenters. The van der Waals surface area contributed by atoms with Gasteiger partial charge in [-0.1, -0.05) is 30.3 Å². The number of para-hydroxylation sites is 1. The Bertz CT molecular complexity index is 880. The first-order chi connectivity index (χ1) is 13.6. The summed E-state index contributed by atoms with van der Waals surface area (Å²) in [6.45, 7) is 2.52. The second-order valence-corrected chi connectivity index (χ2v) is 8.29. The average molecular weight is 396 g/mol. The van der Waals surface area contributed by atoms with Gasteiger partial charge in [-0.05, 0) is 43.1 Å². The molecule has 6 heteroatoms. The van der Waals surface area contributed by atoms with E-state index < -0.39 is 0 Å². The monoisotopic (exact) mass is 395 g/mol. The van der Waals surface area contributed by atoms with Gasteiger partial charge in [-0.2, -0.15) is 0 Å². The van der Waals surface area contributed by atoms with Gasteiger partial charge in [0.15, 0.2) is 0 Å². The van der Waals surface area contributed by atoms with E-state index in [0.717, 1.165) is 43.1 Å². The number of carbonyl (C=O) groups excluding carboxylic acids is 2. The van der Waals surface area contributed by atoms with Crippen molar-refractivity contribution < 1.29 is 9.59 Å². The summed E-state index contributed by atoms with van der Waals surface area (Å²) < 4.78 is 0. The highest BCUT2D eigenvalue weighted by Gasteiger charge is 2.27. The Morgan fingerprint density at radius 2 is 1.96 bits per heavy atom. The van der Waals surface area contributed by atoms with Gasteiger partial charge in [-0.15, -0.1) is 11.8 Å². The molecule has 1 fully saturated rings. The van der Waals surface area contributed by atoms with E-state index in [2.05, 4.69) is 11.4 Å². The molecule has 28 heavy (non-hydrogen) atoms. The molecule has 0 spiro atoms. The van der Waals surface area contributed by atoms with Crippen molar-refractivity contribution in [3.8, 4) is 0 Å². The van der Waals surface area contributed by atoms with Gasteiger partial charge in [0.25, 0.3) is 5.91 Å². The van der Waals surface area contributed by atoms with E-state index in [-0.39, 0.29) is 17.9 Å². The summed E-state index contributed by atoms with van der Waals surface area (Å²) in [4.78, 5) is 30.4. The molecule has 146 valence electrons. The number of fused-ring (bicyclic) bond motifs is 1. The highest BCUT2D eigenvalue weighted by Crippen LogP contribution is 2.30. The van der Waals surface area contributed by atoms with Crippen LogP contribution in [0.4, 0.5) is 5.69 Å². The number of nitrogens with zero attached hydrogens (tertiary/aromatic N) is 2. The molecule has 0 radical (unpaired) electrons. The minimum absolute atomic E-state index is 0.0239. The van der Waals surface area contributed by atoms with Crippen LogP contribution in [0.1, 0.15) is 22.3 Å². The van der Waals surface area contributed by atoms with E-state index in [1.54, 1.807) is 0 Å². The van der Waals surface area contributed by atoms with E-state index in [9.17, 15) is 9.59 Å². The standard InChI is InChI=1S/C22H25N3O2S/c1-24(17-10-12-23-14-17)22(27)18-7-3-5-9-20(18)28-15-21(26)25-13-11-16-6-2-4-8-19(16)25/h2-9,17,23H,10-15H2,1H3. The molecule has 1 saturated heterocycles. The predicted octanol–water partition coefficient (Wildman–Crippen LogP) is 2.80. The lowest BCUT2D eigenvalue weighted by Gasteiger charge is -2.25. The third kappa shape index (κ3) is 3.80. The second-order valence-electron chi connectivity index (χ2n) is 7.27. The minimum Gasteiger partial charge on any atom is -0.337 e. The van der Waals surface area contributed by atoms with Crippen LogP contribution < -0.4 is 10.2 Å². The topological polar surface area (TPSA) is 52.7 Å². The van der Waals surface area contributed by atoms with Crippen LogP contribution >= 0.6 is 11.8 Å². The van der Waals surface area contributed by atoms with Gasteiger partial charge in [0.1, 0.15) is 0 Å². The van der Waals surface area contributed by atoms with Crippen LogP contribution in [0.15, 0.2) is 53.4 Å². The fourth-order valence-corrected chi connectivity index (χ4v) is 4.83. The number of hydrogen-bond acceptors (Lipinski definition) is 4. The first kappa shape index (κ1) is 19.0. The van der Waals surface area contributed by atoms with Gasteiger partial charge in [-0.25, -0.2) is 0 Å². The maximum atomic E-state index is 13.0. The summed E-state index contributed by atoms with van der Waals surface area (Å²) in [6, 6.07) is 15.9. The molecule has 0 aliphatic carbocycles. The zero-order chi connectivity index (χ0) is 19.5. The third-order valence-corrected chi connectivity index (χ3v) is 6.62. The second kappa shape index (κ2) is 8.37. The Kier molecular flexibility index (Phi) is 5.69. The van der Waals surface area contributed by atoms with E-state index >= 15 is 0 Å². The number of benzene rings is 2. The van der Waals surface area contributed by atoms with E-state index in [1.165, 1.54) is 17.3 Å². The van der Waals surface area contributed by atoms with Crippen molar-refractivity contribution in [2.45, 2.75) is 23.8 Å². The van der Waals surface area contributed by atoms with Gasteiger partial charge in [0, 0.05) is 36.8 Å². The Morgan fingerprint density at radius 1 is 1.18 bits per heavy atom. The highest BCUT2D eigenvalue weighted by molar-refractivity contribution is 8.00. The maximum absolute atomic E-state index is 13.0. The first-order valence-electron chi connectivity index (χ1n) is 9.73. The average Bonchev–Trinajstić information content (AvgIpc) is 3.41. The Morgan fingerprint density at radius 3 is 2.79 bits per heavy atom. The summed E-state index contributed by atoms with van der Waals surface area (Å²) in [7, 11) is 1.87. The molecule has 2 amide bonds. The molecule has 0 saturated carbocycles. The SMILES string of the molecule is CN(C(=O)c1ccccc1SCC(=O)N1CCc2ccccc21)C1CCNC1. The molecular weight excluding hydrogens is 370 g/mol. The molecular formula is C22H25N3O2S. The molecule has 5 nitrogen and oxygen atoms in total. The normalized spacial score (nSPS) is 18.2. The van der Waals surface area contributed by atoms with Crippen LogP contribution in [-0.4, -0.2) is 55.2 Å². The number of likely N-dealkylation sites (N-methyl/N-ethyl adjacent to an activating group) is 1. The van der Waals surface area contributed by atoms with Crippen molar-refractivity contribution in [2.75, 3.05) is 37.3 Å². The molecule has 1 N–H and O–H groups in total. The Balaban J connectivity index is 1.44. The first-order valence-corrected chi connectivity index (χ1v) is 10.7. The van der Waals surface area contributed by atoms with Crippen LogP contribution in [0.25, 0.3) is 0 Å². The van der Waals surface area contributed by atoms with Gasteiger partial charge in [0.2, 0.25) is 5.91 Å². The lowest BCUT2D eigenvalue weighted by molar-refractivity contribution is -0.116. The van der Waals surface area contributed by atoms with E-state index in [1.807, 2.05) is 59.3 Å². The number of carbonyl (C=O) groups is 2. The molecule has 2 heterocycles. The Hall–Kier alpha value is -2.31. The number of amides is 2. The van der Waals surface area contributed by atoms with Crippen LogP contribution in [0.2, 0.25) is 0 Å². The van der Waals surface area contributed by atoms with Gasteiger partial charge in [-0.3, -0.25) is 9.59 Å². The van der Waals surface area contributed by atoms with Crippen molar-refractivity contribution in [3.05, 3.63) is 59.7 Å². The van der Waals surface area contributed by atoms with Crippen LogP contribution in [0.3, 0.4) is 0 Å².